The third-order valence-electron chi connectivity index (χ3n) is 3.71. The Morgan fingerprint density at radius 2 is 1.86 bits per heavy atom. The summed E-state index contributed by atoms with van der Waals surface area (Å²) in [6.45, 7) is 7.36. The van der Waals surface area contributed by atoms with Crippen LogP contribution in [0.2, 0.25) is 0 Å². The molecule has 0 amide bonds. The summed E-state index contributed by atoms with van der Waals surface area (Å²) >= 11 is 0. The summed E-state index contributed by atoms with van der Waals surface area (Å²) in [4.78, 5) is 8.91. The summed E-state index contributed by atoms with van der Waals surface area (Å²) in [6, 6.07) is 7.96. The van der Waals surface area contributed by atoms with Gasteiger partial charge in [0.1, 0.15) is 12.0 Å². The van der Waals surface area contributed by atoms with Gasteiger partial charge in [0.05, 0.1) is 12.3 Å². The number of aliphatic imine (C=N–C) groups is 1. The summed E-state index contributed by atoms with van der Waals surface area (Å²) in [5, 5.41) is 6.20. The molecule has 2 aromatic rings. The number of oxazole rings is 1. The first kappa shape index (κ1) is 24.4. The van der Waals surface area contributed by atoms with Crippen molar-refractivity contribution in [3.8, 4) is 11.5 Å². The number of hydrogen-bond donors (Lipinski definition) is 3. The van der Waals surface area contributed by atoms with Gasteiger partial charge in [-0.3, -0.25) is 0 Å². The fourth-order valence-electron chi connectivity index (χ4n) is 2.20. The van der Waals surface area contributed by atoms with Gasteiger partial charge in [-0.2, -0.15) is 0 Å². The van der Waals surface area contributed by atoms with Gasteiger partial charge in [-0.1, -0.05) is 17.7 Å². The van der Waals surface area contributed by atoms with E-state index in [0.717, 1.165) is 11.3 Å². The number of nitrogens with zero attached hydrogens (tertiary/aromatic N) is 2. The number of aromatic nitrogens is 1. The predicted octanol–water partition coefficient (Wildman–Crippen LogP) is 2.26. The number of rotatable bonds is 9. The fraction of sp³-hybridized carbons (Fsp3) is 0.444. The van der Waals surface area contributed by atoms with Crippen LogP contribution in [0.5, 0.6) is 0 Å². The molecule has 0 saturated carbocycles. The van der Waals surface area contributed by atoms with E-state index in [1.165, 1.54) is 5.56 Å². The largest absolute Gasteiger partial charge is 0.444 e. The zero-order valence-corrected chi connectivity index (χ0v) is 19.5. The van der Waals surface area contributed by atoms with Crippen molar-refractivity contribution >= 4 is 40.0 Å². The van der Waals surface area contributed by atoms with Crippen molar-refractivity contribution in [3.05, 3.63) is 41.8 Å². The van der Waals surface area contributed by atoms with Gasteiger partial charge in [-0.25, -0.2) is 23.1 Å². The van der Waals surface area contributed by atoms with Gasteiger partial charge in [0.2, 0.25) is 15.9 Å². The molecule has 2 rings (SSSR count). The summed E-state index contributed by atoms with van der Waals surface area (Å²) in [5.74, 6) is 1.22. The minimum absolute atomic E-state index is 0. The van der Waals surface area contributed by atoms with E-state index in [-0.39, 0.29) is 29.7 Å². The molecule has 10 heteroatoms. The Balaban J connectivity index is 0.00000392. The molecule has 0 spiro atoms. The number of nitrogens with one attached hydrogen (secondary N) is 3. The minimum atomic E-state index is -3.18. The molecule has 0 aliphatic heterocycles. The van der Waals surface area contributed by atoms with E-state index in [4.69, 9.17) is 4.42 Å². The smallest absolute Gasteiger partial charge is 0.226 e. The van der Waals surface area contributed by atoms with Crippen LogP contribution in [0.25, 0.3) is 11.5 Å². The quantitative estimate of drug-likeness (QED) is 0.202. The summed E-state index contributed by atoms with van der Waals surface area (Å²) < 4.78 is 30.9. The molecule has 0 bridgehead atoms. The molecule has 0 radical (unpaired) electrons. The Morgan fingerprint density at radius 3 is 2.50 bits per heavy atom. The molecule has 156 valence electrons. The third kappa shape index (κ3) is 8.15. The second-order valence-electron chi connectivity index (χ2n) is 5.93. The van der Waals surface area contributed by atoms with Crippen molar-refractivity contribution in [2.75, 3.05) is 25.4 Å². The van der Waals surface area contributed by atoms with Crippen LogP contribution in [0.1, 0.15) is 25.1 Å². The molecule has 0 atom stereocenters. The number of guanidine groups is 1. The first-order valence-corrected chi connectivity index (χ1v) is 10.6. The topological polar surface area (TPSA) is 109 Å². The number of aryl methyl sites for hydroxylation is 1. The lowest BCUT2D eigenvalue weighted by Gasteiger charge is -2.11. The van der Waals surface area contributed by atoms with Crippen molar-refractivity contribution in [1.82, 2.24) is 20.3 Å². The first-order valence-electron chi connectivity index (χ1n) is 8.94. The highest BCUT2D eigenvalue weighted by atomic mass is 127. The van der Waals surface area contributed by atoms with E-state index in [0.29, 0.717) is 38.0 Å². The van der Waals surface area contributed by atoms with Gasteiger partial charge >= 0.3 is 0 Å². The summed E-state index contributed by atoms with van der Waals surface area (Å²) in [6.07, 6.45) is 1.59. The lowest BCUT2D eigenvalue weighted by Crippen LogP contribution is -2.41. The lowest BCUT2D eigenvalue weighted by atomic mass is 10.1. The molecule has 0 unspecified atom stereocenters. The van der Waals surface area contributed by atoms with Crippen LogP contribution in [-0.2, 0) is 16.6 Å². The molecule has 0 saturated heterocycles. The average molecular weight is 521 g/mol. The van der Waals surface area contributed by atoms with Crippen LogP contribution in [0.4, 0.5) is 0 Å². The van der Waals surface area contributed by atoms with Crippen molar-refractivity contribution in [2.24, 2.45) is 4.99 Å². The van der Waals surface area contributed by atoms with Crippen LogP contribution in [0.3, 0.4) is 0 Å². The SMILES string of the molecule is CCNC(=NCc1coc(-c2ccc(C)cc2)n1)NCCNS(=O)(=O)CC.I. The third-order valence-corrected chi connectivity index (χ3v) is 5.12. The molecule has 8 nitrogen and oxygen atoms in total. The Morgan fingerprint density at radius 1 is 1.14 bits per heavy atom. The van der Waals surface area contributed by atoms with Gasteiger partial charge in [0.15, 0.2) is 5.96 Å². The Bertz CT molecular complexity index is 850. The van der Waals surface area contributed by atoms with E-state index >= 15 is 0 Å². The average Bonchev–Trinajstić information content (AvgIpc) is 3.12. The molecule has 1 aromatic heterocycles. The maximum atomic E-state index is 11.4. The molecule has 3 N–H and O–H groups in total. The molecule has 1 aromatic carbocycles. The van der Waals surface area contributed by atoms with E-state index in [1.54, 1.807) is 13.2 Å². The highest BCUT2D eigenvalue weighted by molar-refractivity contribution is 14.0. The van der Waals surface area contributed by atoms with Crippen LogP contribution >= 0.6 is 24.0 Å². The summed E-state index contributed by atoms with van der Waals surface area (Å²) in [5.41, 5.74) is 2.82. The Kier molecular flexibility index (Phi) is 10.5. The van der Waals surface area contributed by atoms with Crippen molar-refractivity contribution < 1.29 is 12.8 Å². The molecule has 0 aliphatic rings. The lowest BCUT2D eigenvalue weighted by molar-refractivity contribution is 0.572. The van der Waals surface area contributed by atoms with Crippen molar-refractivity contribution in [2.45, 2.75) is 27.3 Å². The number of benzene rings is 1. The van der Waals surface area contributed by atoms with Crippen LogP contribution in [-0.4, -0.2) is 44.7 Å². The second kappa shape index (κ2) is 12.0. The van der Waals surface area contributed by atoms with Gasteiger partial charge < -0.3 is 15.1 Å². The molecule has 28 heavy (non-hydrogen) atoms. The summed E-state index contributed by atoms with van der Waals surface area (Å²) in [7, 11) is -3.18. The maximum Gasteiger partial charge on any atom is 0.226 e. The predicted molar refractivity (Wildman–Crippen MR) is 122 cm³/mol. The van der Waals surface area contributed by atoms with E-state index in [2.05, 4.69) is 25.3 Å². The highest BCUT2D eigenvalue weighted by Crippen LogP contribution is 2.19. The molecule has 0 fully saturated rings. The van der Waals surface area contributed by atoms with Crippen molar-refractivity contribution in [1.29, 1.82) is 0 Å². The molecule has 0 aliphatic carbocycles. The molecule has 1 heterocycles. The number of sulfonamides is 1. The van der Waals surface area contributed by atoms with Crippen LogP contribution in [0, 0.1) is 6.92 Å². The van der Waals surface area contributed by atoms with Crippen molar-refractivity contribution in [3.63, 3.8) is 0 Å². The fourth-order valence-corrected chi connectivity index (χ4v) is 2.82. The number of hydrogen-bond acceptors (Lipinski definition) is 5. The standard InChI is InChI=1S/C18H27N5O3S.HI/c1-4-19-18(20-10-11-22-27(24,25)5-2)21-12-16-13-26-17(23-16)15-8-6-14(3)7-9-15;/h6-9,13,22H,4-5,10-12H2,1-3H3,(H2,19,20,21);1H. The second-order valence-corrected chi connectivity index (χ2v) is 8.03. The van der Waals surface area contributed by atoms with E-state index in [1.807, 2.05) is 38.1 Å². The Labute approximate surface area is 183 Å². The van der Waals surface area contributed by atoms with Gasteiger partial charge in [-0.15, -0.1) is 24.0 Å². The first-order chi connectivity index (χ1) is 12.9. The molecular weight excluding hydrogens is 493 g/mol. The van der Waals surface area contributed by atoms with E-state index < -0.39 is 10.0 Å². The van der Waals surface area contributed by atoms with E-state index in [9.17, 15) is 8.42 Å². The highest BCUT2D eigenvalue weighted by Gasteiger charge is 2.07. The maximum absolute atomic E-state index is 11.4. The van der Waals surface area contributed by atoms with Gasteiger partial charge in [0, 0.05) is 25.2 Å². The van der Waals surface area contributed by atoms with Crippen LogP contribution in [0.15, 0.2) is 39.9 Å². The zero-order chi connectivity index (χ0) is 19.7. The normalized spacial score (nSPS) is 11.8. The van der Waals surface area contributed by atoms with Gasteiger partial charge in [-0.05, 0) is 32.9 Å². The minimum Gasteiger partial charge on any atom is -0.444 e. The Hall–Kier alpha value is -1.66. The van der Waals surface area contributed by atoms with Crippen LogP contribution < -0.4 is 15.4 Å². The molecular formula is C18H28IN5O3S. The van der Waals surface area contributed by atoms with Gasteiger partial charge in [0.25, 0.3) is 0 Å². The monoisotopic (exact) mass is 521 g/mol. The zero-order valence-electron chi connectivity index (χ0n) is 16.4. The number of halogens is 1.